The van der Waals surface area contributed by atoms with Crippen molar-refractivity contribution in [2.24, 2.45) is 5.92 Å². The van der Waals surface area contributed by atoms with Crippen molar-refractivity contribution in [2.45, 2.75) is 58.4 Å². The molecule has 0 aromatic carbocycles. The summed E-state index contributed by atoms with van der Waals surface area (Å²) in [4.78, 5) is 16.3. The fraction of sp³-hybridized carbons (Fsp3) is 0.647. The minimum absolute atomic E-state index is 0.0249. The Morgan fingerprint density at radius 1 is 1.33 bits per heavy atom. The molecular weight excluding hydrogens is 264 g/mol. The molecule has 0 saturated heterocycles. The minimum atomic E-state index is -0.0249. The normalized spacial score (nSPS) is 16.0. The summed E-state index contributed by atoms with van der Waals surface area (Å²) in [5.74, 6) is 1.18. The van der Waals surface area contributed by atoms with Crippen LogP contribution in [-0.4, -0.2) is 23.5 Å². The summed E-state index contributed by atoms with van der Waals surface area (Å²) in [6.07, 6.45) is 8.51. The van der Waals surface area contributed by atoms with E-state index in [9.17, 15) is 4.79 Å². The highest BCUT2D eigenvalue weighted by atomic mass is 16.5. The summed E-state index contributed by atoms with van der Waals surface area (Å²) in [5.41, 5.74) is 0.608. The number of amides is 1. The quantitative estimate of drug-likeness (QED) is 0.871. The third-order valence-corrected chi connectivity index (χ3v) is 3.88. The van der Waals surface area contributed by atoms with Crippen LogP contribution in [0, 0.1) is 5.92 Å². The van der Waals surface area contributed by atoms with Gasteiger partial charge in [0.25, 0.3) is 5.91 Å². The average molecular weight is 290 g/mol. The van der Waals surface area contributed by atoms with Crippen LogP contribution in [0.2, 0.25) is 0 Å². The van der Waals surface area contributed by atoms with Crippen molar-refractivity contribution in [3.63, 3.8) is 0 Å². The number of pyridine rings is 1. The zero-order chi connectivity index (χ0) is 15.1. The van der Waals surface area contributed by atoms with Crippen LogP contribution in [0.25, 0.3) is 0 Å². The lowest BCUT2D eigenvalue weighted by molar-refractivity contribution is 0.0927. The molecule has 4 heteroatoms. The van der Waals surface area contributed by atoms with Crippen molar-refractivity contribution in [2.75, 3.05) is 6.61 Å². The molecule has 21 heavy (non-hydrogen) atoms. The molecule has 0 radical (unpaired) electrons. The number of nitrogens with one attached hydrogen (secondary N) is 1. The van der Waals surface area contributed by atoms with Crippen LogP contribution < -0.4 is 10.1 Å². The van der Waals surface area contributed by atoms with Crippen LogP contribution in [0.5, 0.6) is 5.88 Å². The molecule has 1 aromatic rings. The van der Waals surface area contributed by atoms with Gasteiger partial charge in [-0.15, -0.1) is 0 Å². The van der Waals surface area contributed by atoms with Gasteiger partial charge in [-0.05, 0) is 31.2 Å². The third-order valence-electron chi connectivity index (χ3n) is 3.88. The van der Waals surface area contributed by atoms with E-state index >= 15 is 0 Å². The molecule has 1 N–H and O–H groups in total. The molecule has 0 aliphatic heterocycles. The van der Waals surface area contributed by atoms with E-state index in [1.54, 1.807) is 18.3 Å². The van der Waals surface area contributed by atoms with Gasteiger partial charge in [-0.3, -0.25) is 4.79 Å². The zero-order valence-electron chi connectivity index (χ0n) is 13.1. The van der Waals surface area contributed by atoms with Crippen LogP contribution in [0.4, 0.5) is 0 Å². The predicted octanol–water partition coefficient (Wildman–Crippen LogP) is 3.57. The Morgan fingerprint density at radius 2 is 2.10 bits per heavy atom. The smallest absolute Gasteiger partial charge is 0.253 e. The van der Waals surface area contributed by atoms with Gasteiger partial charge < -0.3 is 10.1 Å². The van der Waals surface area contributed by atoms with E-state index in [0.717, 1.165) is 19.3 Å². The minimum Gasteiger partial charge on any atom is -0.478 e. The number of carbonyl (C=O) groups is 1. The molecule has 1 amide bonds. The van der Waals surface area contributed by atoms with E-state index < -0.39 is 0 Å². The first-order valence-electron chi connectivity index (χ1n) is 8.05. The summed E-state index contributed by atoms with van der Waals surface area (Å²) in [7, 11) is 0. The first-order valence-corrected chi connectivity index (χ1v) is 8.05. The molecule has 4 nitrogen and oxygen atoms in total. The first-order chi connectivity index (χ1) is 10.1. The number of hydrogen-bond donors (Lipinski definition) is 1. The number of nitrogens with zero attached hydrogens (tertiary/aromatic N) is 1. The number of rotatable bonds is 6. The molecule has 0 bridgehead atoms. The molecule has 2 rings (SSSR count). The topological polar surface area (TPSA) is 51.2 Å². The summed E-state index contributed by atoms with van der Waals surface area (Å²) >= 11 is 0. The summed E-state index contributed by atoms with van der Waals surface area (Å²) in [6.45, 7) is 4.99. The highest BCUT2D eigenvalue weighted by Crippen LogP contribution is 2.18. The second kappa shape index (κ2) is 8.01. The van der Waals surface area contributed by atoms with E-state index in [1.165, 1.54) is 19.3 Å². The van der Waals surface area contributed by atoms with Gasteiger partial charge in [-0.25, -0.2) is 4.98 Å². The van der Waals surface area contributed by atoms with Gasteiger partial charge in [0.15, 0.2) is 0 Å². The lowest BCUT2D eigenvalue weighted by Gasteiger charge is -2.22. The van der Waals surface area contributed by atoms with E-state index in [-0.39, 0.29) is 5.91 Å². The van der Waals surface area contributed by atoms with Gasteiger partial charge >= 0.3 is 0 Å². The van der Waals surface area contributed by atoms with Crippen molar-refractivity contribution < 1.29 is 9.53 Å². The molecule has 1 aliphatic rings. The van der Waals surface area contributed by atoms with Crippen molar-refractivity contribution in [3.05, 3.63) is 23.9 Å². The van der Waals surface area contributed by atoms with Crippen LogP contribution in [0.3, 0.4) is 0 Å². The van der Waals surface area contributed by atoms with E-state index in [1.807, 2.05) is 0 Å². The molecule has 0 unspecified atom stereocenters. The maximum absolute atomic E-state index is 12.1. The van der Waals surface area contributed by atoms with E-state index in [4.69, 9.17) is 4.74 Å². The maximum Gasteiger partial charge on any atom is 0.253 e. The van der Waals surface area contributed by atoms with Crippen LogP contribution in [0.1, 0.15) is 62.7 Å². The molecule has 1 aliphatic carbocycles. The molecule has 0 atom stereocenters. The number of aromatic nitrogens is 1. The molecule has 1 fully saturated rings. The van der Waals surface area contributed by atoms with Crippen molar-refractivity contribution in [1.82, 2.24) is 10.3 Å². The van der Waals surface area contributed by atoms with Crippen molar-refractivity contribution >= 4 is 5.91 Å². The number of hydrogen-bond acceptors (Lipinski definition) is 3. The van der Waals surface area contributed by atoms with Crippen LogP contribution in [0.15, 0.2) is 18.3 Å². The fourth-order valence-corrected chi connectivity index (χ4v) is 2.51. The number of ether oxygens (including phenoxy) is 1. The van der Waals surface area contributed by atoms with E-state index in [2.05, 4.69) is 24.1 Å². The van der Waals surface area contributed by atoms with E-state index in [0.29, 0.717) is 30.0 Å². The van der Waals surface area contributed by atoms with Gasteiger partial charge in [-0.1, -0.05) is 33.1 Å². The van der Waals surface area contributed by atoms with Gasteiger partial charge in [0.1, 0.15) is 0 Å². The lowest BCUT2D eigenvalue weighted by atomic mass is 9.95. The van der Waals surface area contributed by atoms with Gasteiger partial charge in [0, 0.05) is 18.3 Å². The SMILES string of the molecule is CC(C)CCOc1ccc(C(=O)NC2CCCCC2)cn1. The van der Waals surface area contributed by atoms with Crippen molar-refractivity contribution in [3.8, 4) is 5.88 Å². The summed E-state index contributed by atoms with van der Waals surface area (Å²) in [5, 5.41) is 3.09. The third kappa shape index (κ3) is 5.37. The zero-order valence-corrected chi connectivity index (χ0v) is 13.1. The monoisotopic (exact) mass is 290 g/mol. The molecule has 1 saturated carbocycles. The van der Waals surface area contributed by atoms with Gasteiger partial charge in [-0.2, -0.15) is 0 Å². The Labute approximate surface area is 127 Å². The van der Waals surface area contributed by atoms with Crippen molar-refractivity contribution in [1.29, 1.82) is 0 Å². The molecule has 116 valence electrons. The fourth-order valence-electron chi connectivity index (χ4n) is 2.51. The average Bonchev–Trinajstić information content (AvgIpc) is 2.48. The Hall–Kier alpha value is -1.58. The highest BCUT2D eigenvalue weighted by molar-refractivity contribution is 5.94. The Bertz CT molecular complexity index is 437. The highest BCUT2D eigenvalue weighted by Gasteiger charge is 2.16. The maximum atomic E-state index is 12.1. The molecule has 1 aromatic heterocycles. The van der Waals surface area contributed by atoms with Gasteiger partial charge in [0.05, 0.1) is 12.2 Å². The largest absolute Gasteiger partial charge is 0.478 e. The Balaban J connectivity index is 1.81. The molecule has 1 heterocycles. The van der Waals surface area contributed by atoms with Gasteiger partial charge in [0.2, 0.25) is 5.88 Å². The number of carbonyl (C=O) groups excluding carboxylic acids is 1. The van der Waals surface area contributed by atoms with Crippen LogP contribution >= 0.6 is 0 Å². The predicted molar refractivity (Wildman–Crippen MR) is 83.5 cm³/mol. The Kier molecular flexibility index (Phi) is 6.03. The summed E-state index contributed by atoms with van der Waals surface area (Å²) < 4.78 is 5.56. The first kappa shape index (κ1) is 15.8. The van der Waals surface area contributed by atoms with Crippen LogP contribution in [-0.2, 0) is 0 Å². The summed E-state index contributed by atoms with van der Waals surface area (Å²) in [6, 6.07) is 3.89. The lowest BCUT2D eigenvalue weighted by Crippen LogP contribution is -2.36. The second-order valence-electron chi connectivity index (χ2n) is 6.22. The molecular formula is C17H26N2O2. The standard InChI is InChI=1S/C17H26N2O2/c1-13(2)10-11-21-16-9-8-14(12-18-16)17(20)19-15-6-4-3-5-7-15/h8-9,12-13,15H,3-7,10-11H2,1-2H3,(H,19,20). The second-order valence-corrected chi connectivity index (χ2v) is 6.22. The Morgan fingerprint density at radius 3 is 2.71 bits per heavy atom. The molecule has 0 spiro atoms.